The van der Waals surface area contributed by atoms with E-state index in [-0.39, 0.29) is 11.9 Å². The molecule has 3 fully saturated rings. The molecule has 0 bridgehead atoms. The van der Waals surface area contributed by atoms with Gasteiger partial charge in [-0.15, -0.1) is 6.58 Å². The summed E-state index contributed by atoms with van der Waals surface area (Å²) in [7, 11) is 0. The Bertz CT molecular complexity index is 440. The molecule has 1 saturated heterocycles. The molecule has 3 rings (SSSR count). The standard InChI is InChI=1S/C20H34O3/c1-14(2)12-16(21)13-15(3)17-6-7-18-19(17,4)8-5-9-20(18)22-10-11-23-20/h15-18,21H,1,5-13H2,2-4H3/t15-,16?,17-,18?,19-/m1/s1. The van der Waals surface area contributed by atoms with Crippen LogP contribution in [0.25, 0.3) is 0 Å². The molecule has 3 aliphatic rings. The Hall–Kier alpha value is -0.380. The van der Waals surface area contributed by atoms with Gasteiger partial charge in [0.15, 0.2) is 5.79 Å². The van der Waals surface area contributed by atoms with Crippen molar-refractivity contribution in [3.05, 3.63) is 12.2 Å². The van der Waals surface area contributed by atoms with Crippen molar-refractivity contribution in [2.45, 2.75) is 77.6 Å². The van der Waals surface area contributed by atoms with E-state index in [1.54, 1.807) is 0 Å². The van der Waals surface area contributed by atoms with Gasteiger partial charge in [0.05, 0.1) is 19.3 Å². The molecule has 2 unspecified atom stereocenters. The van der Waals surface area contributed by atoms with Gasteiger partial charge in [0, 0.05) is 12.3 Å². The molecule has 1 aliphatic heterocycles. The molecular weight excluding hydrogens is 288 g/mol. The molecule has 23 heavy (non-hydrogen) atoms. The Balaban J connectivity index is 1.71. The predicted octanol–water partition coefficient (Wildman–Crippen LogP) is 4.30. The van der Waals surface area contributed by atoms with Crippen molar-refractivity contribution in [3.8, 4) is 0 Å². The summed E-state index contributed by atoms with van der Waals surface area (Å²) in [6.07, 6.45) is 7.36. The first-order chi connectivity index (χ1) is 10.9. The van der Waals surface area contributed by atoms with Crippen LogP contribution in [0.5, 0.6) is 0 Å². The van der Waals surface area contributed by atoms with E-state index in [0.717, 1.165) is 38.0 Å². The Kier molecular flexibility index (Phi) is 4.93. The summed E-state index contributed by atoms with van der Waals surface area (Å²) < 4.78 is 12.3. The van der Waals surface area contributed by atoms with Gasteiger partial charge in [-0.1, -0.05) is 19.4 Å². The monoisotopic (exact) mass is 322 g/mol. The van der Waals surface area contributed by atoms with Crippen LogP contribution in [-0.4, -0.2) is 30.2 Å². The minimum atomic E-state index is -0.294. The molecule has 0 aromatic carbocycles. The van der Waals surface area contributed by atoms with E-state index >= 15 is 0 Å². The Morgan fingerprint density at radius 3 is 2.61 bits per heavy atom. The molecule has 1 spiro atoms. The lowest BCUT2D eigenvalue weighted by Gasteiger charge is -2.50. The summed E-state index contributed by atoms with van der Waals surface area (Å²) in [5.41, 5.74) is 1.37. The van der Waals surface area contributed by atoms with Crippen LogP contribution in [-0.2, 0) is 9.47 Å². The summed E-state index contributed by atoms with van der Waals surface area (Å²) >= 11 is 0. The third kappa shape index (κ3) is 3.12. The lowest BCUT2D eigenvalue weighted by atomic mass is 9.60. The van der Waals surface area contributed by atoms with E-state index in [0.29, 0.717) is 23.2 Å². The molecule has 1 N–H and O–H groups in total. The zero-order valence-electron chi connectivity index (χ0n) is 15.1. The fourth-order valence-corrected chi connectivity index (χ4v) is 6.07. The van der Waals surface area contributed by atoms with Gasteiger partial charge < -0.3 is 14.6 Å². The summed E-state index contributed by atoms with van der Waals surface area (Å²) in [4.78, 5) is 0. The lowest BCUT2D eigenvalue weighted by Crippen LogP contribution is -2.51. The maximum absolute atomic E-state index is 10.3. The highest BCUT2D eigenvalue weighted by molar-refractivity contribution is 5.06. The molecule has 5 atom stereocenters. The van der Waals surface area contributed by atoms with Crippen molar-refractivity contribution in [1.29, 1.82) is 0 Å². The van der Waals surface area contributed by atoms with E-state index in [2.05, 4.69) is 20.4 Å². The maximum atomic E-state index is 10.3. The number of aliphatic hydroxyl groups excluding tert-OH is 1. The minimum Gasteiger partial charge on any atom is -0.393 e. The fraction of sp³-hybridized carbons (Fsp3) is 0.900. The minimum absolute atomic E-state index is 0.248. The molecule has 2 aliphatic carbocycles. The molecule has 3 nitrogen and oxygen atoms in total. The Morgan fingerprint density at radius 2 is 1.96 bits per heavy atom. The molecule has 132 valence electrons. The van der Waals surface area contributed by atoms with Crippen molar-refractivity contribution in [3.63, 3.8) is 0 Å². The number of fused-ring (bicyclic) bond motifs is 2. The largest absolute Gasteiger partial charge is 0.393 e. The number of hydrogen-bond acceptors (Lipinski definition) is 3. The van der Waals surface area contributed by atoms with Crippen LogP contribution in [0.1, 0.15) is 65.7 Å². The molecule has 0 radical (unpaired) electrons. The van der Waals surface area contributed by atoms with Gasteiger partial charge in [-0.05, 0) is 62.7 Å². The fourth-order valence-electron chi connectivity index (χ4n) is 6.07. The molecule has 1 heterocycles. The Morgan fingerprint density at radius 1 is 1.26 bits per heavy atom. The van der Waals surface area contributed by atoms with Gasteiger partial charge in [-0.3, -0.25) is 0 Å². The smallest absolute Gasteiger partial charge is 0.171 e. The first-order valence-electron chi connectivity index (χ1n) is 9.48. The van der Waals surface area contributed by atoms with E-state index in [1.807, 2.05) is 6.92 Å². The Labute approximate surface area is 141 Å². The normalized spacial score (nSPS) is 38.4. The van der Waals surface area contributed by atoms with Crippen molar-refractivity contribution >= 4 is 0 Å². The number of rotatable bonds is 5. The van der Waals surface area contributed by atoms with Crippen LogP contribution < -0.4 is 0 Å². The van der Waals surface area contributed by atoms with Crippen LogP contribution in [0.4, 0.5) is 0 Å². The van der Waals surface area contributed by atoms with Crippen LogP contribution >= 0.6 is 0 Å². The van der Waals surface area contributed by atoms with Gasteiger partial charge in [-0.25, -0.2) is 0 Å². The topological polar surface area (TPSA) is 38.7 Å². The number of ether oxygens (including phenoxy) is 2. The quantitative estimate of drug-likeness (QED) is 0.767. The highest BCUT2D eigenvalue weighted by atomic mass is 16.7. The van der Waals surface area contributed by atoms with E-state index in [1.165, 1.54) is 25.7 Å². The van der Waals surface area contributed by atoms with E-state index in [4.69, 9.17) is 9.47 Å². The molecule has 3 heteroatoms. The van der Waals surface area contributed by atoms with E-state index in [9.17, 15) is 5.11 Å². The third-order valence-corrected chi connectivity index (χ3v) is 6.87. The van der Waals surface area contributed by atoms with Gasteiger partial charge in [0.1, 0.15) is 0 Å². The highest BCUT2D eigenvalue weighted by Crippen LogP contribution is 2.62. The van der Waals surface area contributed by atoms with Crippen molar-refractivity contribution < 1.29 is 14.6 Å². The average Bonchev–Trinajstić information content (AvgIpc) is 3.03. The number of aliphatic hydroxyl groups is 1. The highest BCUT2D eigenvalue weighted by Gasteiger charge is 2.60. The first kappa shape index (κ1) is 17.4. The first-order valence-corrected chi connectivity index (χ1v) is 9.48. The van der Waals surface area contributed by atoms with Crippen LogP contribution in [0.15, 0.2) is 12.2 Å². The molecule has 0 amide bonds. The lowest BCUT2D eigenvalue weighted by molar-refractivity contribution is -0.241. The zero-order valence-corrected chi connectivity index (χ0v) is 15.1. The molecular formula is C20H34O3. The van der Waals surface area contributed by atoms with Crippen molar-refractivity contribution in [2.75, 3.05) is 13.2 Å². The maximum Gasteiger partial charge on any atom is 0.171 e. The van der Waals surface area contributed by atoms with Crippen molar-refractivity contribution in [2.24, 2.45) is 23.2 Å². The third-order valence-electron chi connectivity index (χ3n) is 6.87. The predicted molar refractivity (Wildman–Crippen MR) is 92.0 cm³/mol. The summed E-state index contributed by atoms with van der Waals surface area (Å²) in [6, 6.07) is 0. The van der Waals surface area contributed by atoms with Gasteiger partial charge in [-0.2, -0.15) is 0 Å². The van der Waals surface area contributed by atoms with Crippen LogP contribution in [0, 0.1) is 23.2 Å². The second-order valence-corrected chi connectivity index (χ2v) is 8.63. The zero-order chi connectivity index (χ0) is 16.7. The average molecular weight is 322 g/mol. The van der Waals surface area contributed by atoms with Crippen LogP contribution in [0.2, 0.25) is 0 Å². The van der Waals surface area contributed by atoms with Gasteiger partial charge in [0.2, 0.25) is 0 Å². The van der Waals surface area contributed by atoms with Crippen molar-refractivity contribution in [1.82, 2.24) is 0 Å². The second-order valence-electron chi connectivity index (χ2n) is 8.63. The van der Waals surface area contributed by atoms with Gasteiger partial charge in [0.25, 0.3) is 0 Å². The summed E-state index contributed by atoms with van der Waals surface area (Å²) in [6.45, 7) is 12.2. The molecule has 0 aromatic rings. The molecule has 2 saturated carbocycles. The summed E-state index contributed by atoms with van der Waals surface area (Å²) in [5, 5.41) is 10.3. The summed E-state index contributed by atoms with van der Waals surface area (Å²) in [5.74, 6) is 1.43. The van der Waals surface area contributed by atoms with Gasteiger partial charge >= 0.3 is 0 Å². The SMILES string of the molecule is C=C(C)CC(O)C[C@@H](C)[C@H]1CCC2C3(CCC[C@@]21C)OCCO3. The number of hydrogen-bond donors (Lipinski definition) is 1. The second kappa shape index (κ2) is 6.50. The van der Waals surface area contributed by atoms with E-state index < -0.39 is 0 Å². The van der Waals surface area contributed by atoms with Crippen LogP contribution in [0.3, 0.4) is 0 Å². The molecule has 0 aromatic heterocycles.